The molecular weight excluding hydrogens is 320 g/mol. The number of nitrogens with one attached hydrogen (secondary N) is 1. The average Bonchev–Trinajstić information content (AvgIpc) is 2.24. The maximum Gasteiger partial charge on any atom is 0.0835 e. The number of halogens is 4. The van der Waals surface area contributed by atoms with Crippen molar-refractivity contribution in [3.63, 3.8) is 0 Å². The number of alkyl halides is 1. The third-order valence-electron chi connectivity index (χ3n) is 1.70. The number of rotatable bonds is 4. The Balaban J connectivity index is 2.70. The molecule has 0 heterocycles. The maximum atomic E-state index is 6.04. The third-order valence-corrected chi connectivity index (χ3v) is 3.65. The molecule has 82 valence electrons. The molecule has 0 aliphatic carbocycles. The van der Waals surface area contributed by atoms with Gasteiger partial charge in [0.05, 0.1) is 15.7 Å². The van der Waals surface area contributed by atoms with Crippen LogP contribution in [0.5, 0.6) is 0 Å². The summed E-state index contributed by atoms with van der Waals surface area (Å²) in [5, 5.41) is 4.17. The Labute approximate surface area is 113 Å². The van der Waals surface area contributed by atoms with Crippen LogP contribution in [0.1, 0.15) is 0 Å². The Hall–Kier alpha value is 0.110. The highest BCUT2D eigenvalue weighted by atomic mass is 79.9. The van der Waals surface area contributed by atoms with Crippen LogP contribution in [0.2, 0.25) is 10.0 Å². The van der Waals surface area contributed by atoms with Gasteiger partial charge >= 0.3 is 0 Å². The highest BCUT2D eigenvalue weighted by Crippen LogP contribution is 2.35. The summed E-state index contributed by atoms with van der Waals surface area (Å²) in [4.78, 5) is 0. The van der Waals surface area contributed by atoms with E-state index in [1.165, 1.54) is 0 Å². The van der Waals surface area contributed by atoms with E-state index in [-0.39, 0.29) is 0 Å². The Morgan fingerprint density at radius 2 is 1.93 bits per heavy atom. The molecule has 0 bridgehead atoms. The lowest BCUT2D eigenvalue weighted by Gasteiger charge is -2.08. The molecule has 0 saturated carbocycles. The van der Waals surface area contributed by atoms with E-state index < -0.39 is 0 Å². The van der Waals surface area contributed by atoms with Crippen molar-refractivity contribution in [2.45, 2.75) is 0 Å². The van der Waals surface area contributed by atoms with Gasteiger partial charge < -0.3 is 5.32 Å². The molecule has 15 heavy (non-hydrogen) atoms. The third kappa shape index (κ3) is 3.87. The minimum atomic E-state index is 0.510. The second-order valence-corrected chi connectivity index (χ2v) is 4.65. The van der Waals surface area contributed by atoms with Crippen molar-refractivity contribution in [1.82, 2.24) is 0 Å². The predicted octanol–water partition coefficient (Wildman–Crippen LogP) is 4.96. The molecule has 5 heteroatoms. The lowest BCUT2D eigenvalue weighted by molar-refractivity contribution is 1.32. The second kappa shape index (κ2) is 6.64. The van der Waals surface area contributed by atoms with Crippen LogP contribution in [0.15, 0.2) is 28.8 Å². The van der Waals surface area contributed by atoms with Crippen LogP contribution >= 0.6 is 50.7 Å². The molecule has 0 unspecified atom stereocenters. The van der Waals surface area contributed by atoms with Gasteiger partial charge in [-0.15, -0.1) is 11.6 Å². The first kappa shape index (κ1) is 13.2. The first-order valence-electron chi connectivity index (χ1n) is 4.25. The molecule has 0 radical (unpaired) electrons. The standard InChI is InChI=1S/C10H9BrCl3N/c11-7-3-4-8(10(14)9(7)13)15-6-2-1-5-12/h1-4,15H,5-6H2/b2-1+. The molecule has 0 fully saturated rings. The summed E-state index contributed by atoms with van der Waals surface area (Å²) in [6.45, 7) is 0.671. The lowest BCUT2D eigenvalue weighted by Crippen LogP contribution is -1.99. The Kier molecular flexibility index (Phi) is 5.83. The van der Waals surface area contributed by atoms with Crippen molar-refractivity contribution >= 4 is 56.4 Å². The molecule has 0 saturated heterocycles. The summed E-state index contributed by atoms with van der Waals surface area (Å²) >= 11 is 20.8. The van der Waals surface area contributed by atoms with Gasteiger partial charge in [-0.25, -0.2) is 0 Å². The molecule has 0 atom stereocenters. The predicted molar refractivity (Wildman–Crippen MR) is 72.5 cm³/mol. The molecule has 0 aliphatic heterocycles. The molecule has 1 aromatic carbocycles. The van der Waals surface area contributed by atoms with Gasteiger partial charge in [0.15, 0.2) is 0 Å². The highest BCUT2D eigenvalue weighted by Gasteiger charge is 2.06. The zero-order valence-electron chi connectivity index (χ0n) is 7.74. The molecule has 1 aromatic rings. The summed E-state index contributed by atoms with van der Waals surface area (Å²) in [6.07, 6.45) is 3.79. The van der Waals surface area contributed by atoms with Crippen molar-refractivity contribution in [2.75, 3.05) is 17.7 Å². The van der Waals surface area contributed by atoms with E-state index in [0.29, 0.717) is 22.5 Å². The molecule has 1 nitrogen and oxygen atoms in total. The van der Waals surface area contributed by atoms with Crippen LogP contribution < -0.4 is 5.32 Å². The minimum Gasteiger partial charge on any atom is -0.380 e. The highest BCUT2D eigenvalue weighted by molar-refractivity contribution is 9.10. The zero-order valence-corrected chi connectivity index (χ0v) is 11.6. The number of hydrogen-bond donors (Lipinski definition) is 1. The van der Waals surface area contributed by atoms with Crippen molar-refractivity contribution in [3.8, 4) is 0 Å². The van der Waals surface area contributed by atoms with E-state index in [0.717, 1.165) is 10.2 Å². The fourth-order valence-electron chi connectivity index (χ4n) is 0.978. The topological polar surface area (TPSA) is 12.0 Å². The quantitative estimate of drug-likeness (QED) is 0.467. The molecule has 1 rings (SSSR count). The van der Waals surface area contributed by atoms with Crippen molar-refractivity contribution in [1.29, 1.82) is 0 Å². The van der Waals surface area contributed by atoms with Gasteiger partial charge in [0.1, 0.15) is 0 Å². The first-order valence-corrected chi connectivity index (χ1v) is 6.33. The molecule has 0 spiro atoms. The van der Waals surface area contributed by atoms with E-state index in [1.807, 2.05) is 24.3 Å². The molecule has 0 aliphatic rings. The van der Waals surface area contributed by atoms with E-state index in [9.17, 15) is 0 Å². The zero-order chi connectivity index (χ0) is 11.3. The van der Waals surface area contributed by atoms with E-state index in [4.69, 9.17) is 34.8 Å². The second-order valence-electron chi connectivity index (χ2n) is 2.73. The van der Waals surface area contributed by atoms with Gasteiger partial charge in [-0.3, -0.25) is 0 Å². The van der Waals surface area contributed by atoms with Crippen LogP contribution in [-0.4, -0.2) is 12.4 Å². The fourth-order valence-corrected chi connectivity index (χ4v) is 1.94. The summed E-state index contributed by atoms with van der Waals surface area (Å²) in [7, 11) is 0. The van der Waals surface area contributed by atoms with Crippen molar-refractivity contribution in [3.05, 3.63) is 38.8 Å². The van der Waals surface area contributed by atoms with Gasteiger partial charge in [0, 0.05) is 16.9 Å². The summed E-state index contributed by atoms with van der Waals surface area (Å²) in [5.74, 6) is 0.510. The van der Waals surface area contributed by atoms with Crippen molar-refractivity contribution < 1.29 is 0 Å². The van der Waals surface area contributed by atoms with Crippen molar-refractivity contribution in [2.24, 2.45) is 0 Å². The summed E-state index contributed by atoms with van der Waals surface area (Å²) in [6, 6.07) is 3.72. The fraction of sp³-hybridized carbons (Fsp3) is 0.200. The average molecular weight is 329 g/mol. The number of allylic oxidation sites excluding steroid dienone is 1. The van der Waals surface area contributed by atoms with E-state index in [2.05, 4.69) is 21.2 Å². The van der Waals surface area contributed by atoms with E-state index in [1.54, 1.807) is 0 Å². The van der Waals surface area contributed by atoms with Crippen LogP contribution in [0.25, 0.3) is 0 Å². The smallest absolute Gasteiger partial charge is 0.0835 e. The van der Waals surface area contributed by atoms with Gasteiger partial charge in [-0.2, -0.15) is 0 Å². The number of anilines is 1. The molecule has 0 aromatic heterocycles. The van der Waals surface area contributed by atoms with Gasteiger partial charge in [0.25, 0.3) is 0 Å². The first-order chi connectivity index (χ1) is 7.16. The maximum absolute atomic E-state index is 6.04. The van der Waals surface area contributed by atoms with Crippen LogP contribution in [0.3, 0.4) is 0 Å². The van der Waals surface area contributed by atoms with Crippen LogP contribution in [-0.2, 0) is 0 Å². The Bertz CT molecular complexity index is 366. The van der Waals surface area contributed by atoms with Crippen LogP contribution in [0.4, 0.5) is 5.69 Å². The van der Waals surface area contributed by atoms with Gasteiger partial charge in [0.2, 0.25) is 0 Å². The monoisotopic (exact) mass is 327 g/mol. The number of hydrogen-bond acceptors (Lipinski definition) is 1. The summed E-state index contributed by atoms with van der Waals surface area (Å²) < 4.78 is 0.788. The number of benzene rings is 1. The van der Waals surface area contributed by atoms with Gasteiger partial charge in [-0.05, 0) is 28.1 Å². The largest absolute Gasteiger partial charge is 0.380 e. The Morgan fingerprint density at radius 1 is 1.20 bits per heavy atom. The van der Waals surface area contributed by atoms with Gasteiger partial charge in [-0.1, -0.05) is 35.4 Å². The minimum absolute atomic E-state index is 0.510. The SMILES string of the molecule is ClC/C=C/CNc1ccc(Br)c(Cl)c1Cl. The normalized spacial score (nSPS) is 10.9. The molecule has 0 amide bonds. The summed E-state index contributed by atoms with van der Waals surface area (Å²) in [5.41, 5.74) is 0.809. The molecular formula is C10H9BrCl3N. The Morgan fingerprint density at radius 3 is 2.60 bits per heavy atom. The molecule has 1 N–H and O–H groups in total. The van der Waals surface area contributed by atoms with E-state index >= 15 is 0 Å². The lowest BCUT2D eigenvalue weighted by atomic mass is 10.3. The van der Waals surface area contributed by atoms with Crippen LogP contribution in [0, 0.1) is 0 Å².